The van der Waals surface area contributed by atoms with Gasteiger partial charge in [-0.05, 0) is 66.7 Å². The van der Waals surface area contributed by atoms with Gasteiger partial charge in [-0.1, -0.05) is 6.07 Å². The van der Waals surface area contributed by atoms with Gasteiger partial charge in [-0.25, -0.2) is 4.99 Å². The molecule has 1 N–H and O–H groups in total. The minimum absolute atomic E-state index is 0.0690. The first kappa shape index (κ1) is 20.3. The first-order valence-electron chi connectivity index (χ1n) is 8.83. The number of amides is 1. The number of nitriles is 1. The Morgan fingerprint density at radius 1 is 1.17 bits per heavy atom. The van der Waals surface area contributed by atoms with Crippen molar-refractivity contribution in [1.82, 2.24) is 5.32 Å². The van der Waals surface area contributed by atoms with Crippen molar-refractivity contribution < 1.29 is 19.0 Å². The van der Waals surface area contributed by atoms with E-state index in [2.05, 4.69) is 10.3 Å². The maximum atomic E-state index is 12.3. The number of rotatable bonds is 7. The highest BCUT2D eigenvalue weighted by Gasteiger charge is 2.24. The molecule has 29 heavy (non-hydrogen) atoms. The van der Waals surface area contributed by atoms with Gasteiger partial charge in [-0.3, -0.25) is 4.79 Å². The maximum Gasteiger partial charge on any atom is 0.264 e. The summed E-state index contributed by atoms with van der Waals surface area (Å²) >= 11 is 1.26. The summed E-state index contributed by atoms with van der Waals surface area (Å²) in [6, 6.07) is 14.5. The Hall–Kier alpha value is -3.44. The van der Waals surface area contributed by atoms with Crippen molar-refractivity contribution in [2.75, 3.05) is 20.3 Å². The fraction of sp³-hybridized carbons (Fsp3) is 0.190. The zero-order valence-electron chi connectivity index (χ0n) is 16.0. The molecule has 0 radical (unpaired) electrons. The van der Waals surface area contributed by atoms with E-state index in [0.717, 1.165) is 17.0 Å². The summed E-state index contributed by atoms with van der Waals surface area (Å²) in [6.45, 7) is 2.46. The van der Waals surface area contributed by atoms with Crippen LogP contribution in [-0.4, -0.2) is 31.4 Å². The lowest BCUT2D eigenvalue weighted by Gasteiger charge is -2.08. The molecule has 2 aromatic carbocycles. The van der Waals surface area contributed by atoms with Gasteiger partial charge in [-0.2, -0.15) is 5.26 Å². The topological polar surface area (TPSA) is 92.9 Å². The number of thioether (sulfide) groups is 1. The zero-order valence-corrected chi connectivity index (χ0v) is 16.8. The molecule has 0 saturated carbocycles. The smallest absolute Gasteiger partial charge is 0.264 e. The molecule has 0 spiro atoms. The molecule has 1 aliphatic heterocycles. The largest absolute Gasteiger partial charge is 0.494 e. The number of nitrogens with zero attached hydrogens (tertiary/aromatic N) is 2. The summed E-state index contributed by atoms with van der Waals surface area (Å²) in [6.07, 6.45) is 1.75. The average Bonchev–Trinajstić information content (AvgIpc) is 3.07. The van der Waals surface area contributed by atoms with Gasteiger partial charge in [0.05, 0.1) is 24.3 Å². The summed E-state index contributed by atoms with van der Waals surface area (Å²) in [5.41, 5.74) is 1.49. The quantitative estimate of drug-likeness (QED) is 0.698. The molecule has 148 valence electrons. The van der Waals surface area contributed by atoms with Crippen molar-refractivity contribution in [2.24, 2.45) is 4.99 Å². The normalized spacial score (nSPS) is 15.8. The molecule has 8 heteroatoms. The molecule has 0 aromatic heterocycles. The number of hydrogen-bond donors (Lipinski definition) is 1. The highest BCUT2D eigenvalue weighted by Crippen LogP contribution is 2.32. The summed E-state index contributed by atoms with van der Waals surface area (Å²) < 4.78 is 16.0. The van der Waals surface area contributed by atoms with Crippen LogP contribution in [0.1, 0.15) is 12.5 Å². The van der Waals surface area contributed by atoms with Crippen LogP contribution >= 0.6 is 11.8 Å². The van der Waals surface area contributed by atoms with E-state index < -0.39 is 0 Å². The molecule has 0 aliphatic carbocycles. The fourth-order valence-electron chi connectivity index (χ4n) is 2.54. The number of carbonyl (C=O) groups is 1. The van der Waals surface area contributed by atoms with Crippen molar-refractivity contribution in [1.29, 1.82) is 5.26 Å². The number of benzene rings is 2. The number of nitrogens with one attached hydrogen (secondary N) is 1. The van der Waals surface area contributed by atoms with Crippen LogP contribution in [0.2, 0.25) is 0 Å². The van der Waals surface area contributed by atoms with E-state index >= 15 is 0 Å². The number of amidine groups is 1. The molecule has 1 heterocycles. The van der Waals surface area contributed by atoms with Crippen LogP contribution in [0.5, 0.6) is 17.2 Å². The third kappa shape index (κ3) is 5.30. The summed E-state index contributed by atoms with van der Waals surface area (Å²) in [4.78, 5) is 17.3. The van der Waals surface area contributed by atoms with E-state index in [9.17, 15) is 4.79 Å². The molecule has 7 nitrogen and oxygen atoms in total. The first-order valence-corrected chi connectivity index (χ1v) is 9.65. The Bertz CT molecular complexity index is 994. The van der Waals surface area contributed by atoms with Crippen LogP contribution in [-0.2, 0) is 4.79 Å². The van der Waals surface area contributed by atoms with Gasteiger partial charge in [0.1, 0.15) is 11.8 Å². The lowest BCUT2D eigenvalue weighted by atomic mass is 10.2. The Morgan fingerprint density at radius 2 is 1.97 bits per heavy atom. The van der Waals surface area contributed by atoms with E-state index in [1.807, 2.05) is 37.3 Å². The van der Waals surface area contributed by atoms with Gasteiger partial charge in [0.15, 0.2) is 23.3 Å². The van der Waals surface area contributed by atoms with Crippen molar-refractivity contribution in [2.45, 2.75) is 6.92 Å². The number of ether oxygens (including phenoxy) is 3. The predicted octanol–water partition coefficient (Wildman–Crippen LogP) is 3.89. The van der Waals surface area contributed by atoms with Crippen LogP contribution in [0.4, 0.5) is 5.69 Å². The van der Waals surface area contributed by atoms with Crippen LogP contribution in [0.3, 0.4) is 0 Å². The van der Waals surface area contributed by atoms with E-state index in [1.165, 1.54) is 18.9 Å². The van der Waals surface area contributed by atoms with Crippen LogP contribution in [0.25, 0.3) is 6.08 Å². The molecule has 1 fully saturated rings. The van der Waals surface area contributed by atoms with Crippen molar-refractivity contribution >= 4 is 34.6 Å². The van der Waals surface area contributed by atoms with E-state index in [-0.39, 0.29) is 12.5 Å². The standard InChI is InChI=1S/C21H19N3O4S/c1-3-27-16-7-5-15(6-8-16)23-21-24-20(25)19(29-21)13-14-4-9-17(28-11-10-22)18(12-14)26-2/h4-9,12-13H,3,11H2,1-2H3,(H,23,24,25). The first-order chi connectivity index (χ1) is 14.1. The van der Waals surface area contributed by atoms with E-state index in [1.54, 1.807) is 24.3 Å². The Kier molecular flexibility index (Phi) is 6.76. The highest BCUT2D eigenvalue weighted by atomic mass is 32.2. The molecule has 2 aromatic rings. The van der Waals surface area contributed by atoms with Gasteiger partial charge in [-0.15, -0.1) is 0 Å². The Balaban J connectivity index is 1.75. The molecular weight excluding hydrogens is 390 g/mol. The summed E-state index contributed by atoms with van der Waals surface area (Å²) in [5, 5.41) is 11.9. The van der Waals surface area contributed by atoms with Crippen LogP contribution in [0, 0.1) is 11.3 Å². The number of aliphatic imine (C=N–C) groups is 1. The lowest BCUT2D eigenvalue weighted by molar-refractivity contribution is -0.115. The molecule has 3 rings (SSSR count). The molecule has 1 amide bonds. The van der Waals surface area contributed by atoms with Crippen molar-refractivity contribution in [3.63, 3.8) is 0 Å². The third-order valence-corrected chi connectivity index (χ3v) is 4.72. The Labute approximate surface area is 173 Å². The van der Waals surface area contributed by atoms with E-state index in [4.69, 9.17) is 19.5 Å². The number of hydrogen-bond acceptors (Lipinski definition) is 7. The average molecular weight is 409 g/mol. The van der Waals surface area contributed by atoms with Gasteiger partial charge in [0.2, 0.25) is 0 Å². The highest BCUT2D eigenvalue weighted by molar-refractivity contribution is 8.18. The second-order valence-electron chi connectivity index (χ2n) is 5.77. The number of carbonyl (C=O) groups excluding carboxylic acids is 1. The van der Waals surface area contributed by atoms with Crippen LogP contribution < -0.4 is 19.5 Å². The second-order valence-corrected chi connectivity index (χ2v) is 6.80. The Morgan fingerprint density at radius 3 is 2.66 bits per heavy atom. The monoisotopic (exact) mass is 409 g/mol. The van der Waals surface area contributed by atoms with Gasteiger partial charge in [0.25, 0.3) is 5.91 Å². The summed E-state index contributed by atoms with van der Waals surface area (Å²) in [7, 11) is 1.52. The molecule has 1 aliphatic rings. The van der Waals surface area contributed by atoms with Crippen LogP contribution in [0.15, 0.2) is 52.4 Å². The third-order valence-electron chi connectivity index (χ3n) is 3.81. The SMILES string of the molecule is CCOc1ccc(N=C2NC(=O)C(=Cc3ccc(OCC#N)c(OC)c3)S2)cc1. The number of methoxy groups -OCH3 is 1. The summed E-state index contributed by atoms with van der Waals surface area (Å²) in [5.74, 6) is 1.51. The van der Waals surface area contributed by atoms with E-state index in [0.29, 0.717) is 28.2 Å². The lowest BCUT2D eigenvalue weighted by Crippen LogP contribution is -2.19. The second kappa shape index (κ2) is 9.66. The zero-order chi connectivity index (χ0) is 20.6. The minimum Gasteiger partial charge on any atom is -0.494 e. The van der Waals surface area contributed by atoms with Crippen molar-refractivity contribution in [3.05, 3.63) is 52.9 Å². The maximum absolute atomic E-state index is 12.3. The molecular formula is C21H19N3O4S. The molecule has 0 unspecified atom stereocenters. The molecule has 0 bridgehead atoms. The van der Waals surface area contributed by atoms with Crippen molar-refractivity contribution in [3.8, 4) is 23.3 Å². The van der Waals surface area contributed by atoms with Gasteiger partial charge in [0, 0.05) is 0 Å². The molecule has 1 saturated heterocycles. The van der Waals surface area contributed by atoms with Gasteiger partial charge < -0.3 is 19.5 Å². The molecule has 0 atom stereocenters. The predicted molar refractivity (Wildman–Crippen MR) is 113 cm³/mol. The fourth-order valence-corrected chi connectivity index (χ4v) is 3.38. The van der Waals surface area contributed by atoms with Gasteiger partial charge >= 0.3 is 0 Å². The minimum atomic E-state index is -0.219.